The van der Waals surface area contributed by atoms with Crippen LogP contribution in [0, 0.1) is 28.4 Å². The third-order valence-electron chi connectivity index (χ3n) is 6.40. The van der Waals surface area contributed by atoms with E-state index in [0.717, 1.165) is 0 Å². The summed E-state index contributed by atoms with van der Waals surface area (Å²) in [5, 5.41) is 0. The highest BCUT2D eigenvalue weighted by Gasteiger charge is 2.69. The first-order valence-electron chi connectivity index (χ1n) is 9.22. The Morgan fingerprint density at radius 2 is 1.35 bits per heavy atom. The van der Waals surface area contributed by atoms with Gasteiger partial charge in [-0.05, 0) is 34.8 Å². The Labute approximate surface area is 155 Å². The topological polar surface area (TPSA) is 35.5 Å². The molecule has 5 heteroatoms. The third kappa shape index (κ3) is 3.15. The van der Waals surface area contributed by atoms with Gasteiger partial charge in [-0.1, -0.05) is 41.5 Å². The van der Waals surface area contributed by atoms with Crippen molar-refractivity contribution in [2.75, 3.05) is 7.11 Å². The van der Waals surface area contributed by atoms with Gasteiger partial charge in [0.05, 0.1) is 12.5 Å². The molecule has 0 spiro atoms. The second-order valence-electron chi connectivity index (χ2n) is 8.17. The zero-order chi connectivity index (χ0) is 19.9. The molecule has 0 amide bonds. The zero-order valence-corrected chi connectivity index (χ0v) is 16.9. The molecule has 0 unspecified atom stereocenters. The molecule has 3 nitrogen and oxygen atoms in total. The largest absolute Gasteiger partial charge is 0.461 e. The normalized spacial score (nSPS) is 18.0. The van der Waals surface area contributed by atoms with E-state index in [9.17, 15) is 13.6 Å². The number of ether oxygens (including phenoxy) is 2. The fraction of sp³-hybridized carbons (Fsp3) is 0.667. The second-order valence-corrected chi connectivity index (χ2v) is 8.17. The molecular weight excluding hydrogens is 338 g/mol. The Morgan fingerprint density at radius 3 is 1.69 bits per heavy atom. The molecule has 146 valence electrons. The lowest BCUT2D eigenvalue weighted by Crippen LogP contribution is -2.16. The van der Waals surface area contributed by atoms with Gasteiger partial charge in [0.2, 0.25) is 0 Å². The highest BCUT2D eigenvalue weighted by Crippen LogP contribution is 2.68. The van der Waals surface area contributed by atoms with E-state index in [0.29, 0.717) is 29.5 Å². The SMILES string of the molecule is CCc1c(F)c(COC)c(F)c(CC)c1COC(=O)C1C(C)(C)C1(C)C. The van der Waals surface area contributed by atoms with Crippen LogP contribution in [0.3, 0.4) is 0 Å². The van der Waals surface area contributed by atoms with E-state index in [1.54, 1.807) is 0 Å². The Balaban J connectivity index is 2.33. The van der Waals surface area contributed by atoms with Crippen molar-refractivity contribution in [3.8, 4) is 0 Å². The summed E-state index contributed by atoms with van der Waals surface area (Å²) in [5.41, 5.74) is 0.929. The van der Waals surface area contributed by atoms with Crippen LogP contribution in [0.2, 0.25) is 0 Å². The number of esters is 1. The number of carbonyl (C=O) groups is 1. The monoisotopic (exact) mass is 368 g/mol. The number of hydrogen-bond acceptors (Lipinski definition) is 3. The number of methoxy groups -OCH3 is 1. The molecular formula is C21H30F2O3. The molecule has 0 atom stereocenters. The molecule has 1 aromatic rings. The van der Waals surface area contributed by atoms with Gasteiger partial charge in [-0.15, -0.1) is 0 Å². The number of rotatable bonds is 7. The maximum atomic E-state index is 14.8. The van der Waals surface area contributed by atoms with Crippen molar-refractivity contribution in [2.24, 2.45) is 16.7 Å². The lowest BCUT2D eigenvalue weighted by molar-refractivity contribution is -0.148. The van der Waals surface area contributed by atoms with Crippen molar-refractivity contribution < 1.29 is 23.0 Å². The molecule has 1 aromatic carbocycles. The number of carbonyl (C=O) groups excluding carboxylic acids is 1. The van der Waals surface area contributed by atoms with Crippen LogP contribution in [-0.4, -0.2) is 13.1 Å². The van der Waals surface area contributed by atoms with Crippen LogP contribution in [0.15, 0.2) is 0 Å². The van der Waals surface area contributed by atoms with Gasteiger partial charge in [-0.2, -0.15) is 0 Å². The average Bonchev–Trinajstić information content (AvgIpc) is 2.98. The Kier molecular flexibility index (Phi) is 5.81. The molecule has 2 rings (SSSR count). The predicted molar refractivity (Wildman–Crippen MR) is 96.7 cm³/mol. The molecule has 0 bridgehead atoms. The van der Waals surface area contributed by atoms with Gasteiger partial charge in [-0.3, -0.25) is 4.79 Å². The van der Waals surface area contributed by atoms with Gasteiger partial charge in [0.25, 0.3) is 0 Å². The summed E-state index contributed by atoms with van der Waals surface area (Å²) >= 11 is 0. The number of halogens is 2. The van der Waals surface area contributed by atoms with E-state index in [-0.39, 0.29) is 41.5 Å². The van der Waals surface area contributed by atoms with Crippen LogP contribution in [0.4, 0.5) is 8.78 Å². The minimum Gasteiger partial charge on any atom is -0.461 e. The number of benzene rings is 1. The first-order chi connectivity index (χ1) is 12.1. The predicted octanol–water partition coefficient (Wildman–Crippen LogP) is 4.96. The molecule has 1 aliphatic carbocycles. The summed E-state index contributed by atoms with van der Waals surface area (Å²) in [6.07, 6.45) is 0.784. The van der Waals surface area contributed by atoms with E-state index in [4.69, 9.17) is 9.47 Å². The first kappa shape index (κ1) is 20.8. The van der Waals surface area contributed by atoms with Crippen molar-refractivity contribution in [1.29, 1.82) is 0 Å². The number of hydrogen-bond donors (Lipinski definition) is 0. The molecule has 0 saturated heterocycles. The smallest absolute Gasteiger partial charge is 0.310 e. The highest BCUT2D eigenvalue weighted by molar-refractivity contribution is 5.78. The van der Waals surface area contributed by atoms with Gasteiger partial charge in [0.1, 0.15) is 18.2 Å². The molecule has 0 aliphatic heterocycles. The summed E-state index contributed by atoms with van der Waals surface area (Å²) < 4.78 is 40.0. The fourth-order valence-corrected chi connectivity index (χ4v) is 4.10. The molecule has 0 aromatic heterocycles. The van der Waals surface area contributed by atoms with E-state index < -0.39 is 11.6 Å². The first-order valence-corrected chi connectivity index (χ1v) is 9.22. The van der Waals surface area contributed by atoms with Gasteiger partial charge >= 0.3 is 5.97 Å². The minimum absolute atomic E-state index is 0.0549. The lowest BCUT2D eigenvalue weighted by atomic mass is 9.93. The second kappa shape index (κ2) is 7.26. The van der Waals surface area contributed by atoms with Gasteiger partial charge in [-0.25, -0.2) is 8.78 Å². The van der Waals surface area contributed by atoms with Crippen molar-refractivity contribution in [3.05, 3.63) is 33.9 Å². The maximum absolute atomic E-state index is 14.8. The van der Waals surface area contributed by atoms with E-state index in [1.165, 1.54) is 7.11 Å². The van der Waals surface area contributed by atoms with Crippen molar-refractivity contribution in [2.45, 2.75) is 67.6 Å². The molecule has 0 heterocycles. The van der Waals surface area contributed by atoms with Crippen molar-refractivity contribution in [3.63, 3.8) is 0 Å². The van der Waals surface area contributed by atoms with Crippen LogP contribution >= 0.6 is 0 Å². The van der Waals surface area contributed by atoms with Gasteiger partial charge in [0, 0.05) is 18.2 Å². The molecule has 0 radical (unpaired) electrons. The fourth-order valence-electron chi connectivity index (χ4n) is 4.10. The molecule has 1 fully saturated rings. The van der Waals surface area contributed by atoms with Crippen LogP contribution < -0.4 is 0 Å². The highest BCUT2D eigenvalue weighted by atomic mass is 19.1. The summed E-state index contributed by atoms with van der Waals surface area (Å²) in [6, 6.07) is 0. The standard InChI is InChI=1S/C21H30F2O3/c1-8-12-14(11-26-19(24)18-20(3,4)21(18,5)6)13(9-2)17(23)15(10-25-7)16(12)22/h18H,8-11H2,1-7H3. The Bertz CT molecular complexity index is 663. The average molecular weight is 368 g/mol. The Hall–Kier alpha value is -1.49. The quantitative estimate of drug-likeness (QED) is 0.638. The molecule has 1 aliphatic rings. The van der Waals surface area contributed by atoms with Gasteiger partial charge < -0.3 is 9.47 Å². The summed E-state index contributed by atoms with van der Waals surface area (Å²) in [7, 11) is 1.41. The summed E-state index contributed by atoms with van der Waals surface area (Å²) in [6.45, 7) is 11.5. The molecule has 26 heavy (non-hydrogen) atoms. The van der Waals surface area contributed by atoms with Crippen molar-refractivity contribution >= 4 is 5.97 Å². The Morgan fingerprint density at radius 1 is 0.885 bits per heavy atom. The lowest BCUT2D eigenvalue weighted by Gasteiger charge is -2.19. The van der Waals surface area contributed by atoms with E-state index in [2.05, 4.69) is 0 Å². The third-order valence-corrected chi connectivity index (χ3v) is 6.40. The van der Waals surface area contributed by atoms with Crippen LogP contribution in [0.1, 0.15) is 63.8 Å². The minimum atomic E-state index is -0.595. The van der Waals surface area contributed by atoms with Crippen LogP contribution in [0.25, 0.3) is 0 Å². The van der Waals surface area contributed by atoms with Crippen LogP contribution in [0.5, 0.6) is 0 Å². The van der Waals surface area contributed by atoms with Gasteiger partial charge in [0.15, 0.2) is 0 Å². The zero-order valence-electron chi connectivity index (χ0n) is 16.9. The van der Waals surface area contributed by atoms with E-state index >= 15 is 0 Å². The summed E-state index contributed by atoms with van der Waals surface area (Å²) in [4.78, 5) is 12.5. The van der Waals surface area contributed by atoms with Crippen LogP contribution in [-0.2, 0) is 40.3 Å². The maximum Gasteiger partial charge on any atom is 0.310 e. The molecule has 0 N–H and O–H groups in total. The summed E-state index contributed by atoms with van der Waals surface area (Å²) in [5.74, 6) is -1.69. The van der Waals surface area contributed by atoms with E-state index in [1.807, 2.05) is 41.5 Å². The van der Waals surface area contributed by atoms with Crippen molar-refractivity contribution in [1.82, 2.24) is 0 Å². The molecule has 1 saturated carbocycles.